The van der Waals surface area contributed by atoms with Crippen LogP contribution in [-0.4, -0.2) is 38.1 Å². The zero-order chi connectivity index (χ0) is 19.5. The van der Waals surface area contributed by atoms with E-state index in [4.69, 9.17) is 18.6 Å². The molecular weight excluding hydrogens is 358 g/mol. The van der Waals surface area contributed by atoms with Gasteiger partial charge in [-0.15, -0.1) is 0 Å². The maximum absolute atomic E-state index is 13.2. The molecular formula is C22H23NO5. The Balaban J connectivity index is 1.67. The Bertz CT molecular complexity index is 971. The summed E-state index contributed by atoms with van der Waals surface area (Å²) in [5.41, 5.74) is 1.21. The normalized spacial score (nSPS) is 13.7. The van der Waals surface area contributed by atoms with Crippen LogP contribution < -0.4 is 14.2 Å². The quantitative estimate of drug-likeness (QED) is 0.638. The highest BCUT2D eigenvalue weighted by Gasteiger charge is 2.27. The van der Waals surface area contributed by atoms with Gasteiger partial charge in [-0.2, -0.15) is 0 Å². The molecule has 1 fully saturated rings. The Morgan fingerprint density at radius 1 is 0.964 bits per heavy atom. The molecule has 0 bridgehead atoms. The molecule has 1 saturated heterocycles. The molecule has 1 aliphatic rings. The maximum Gasteiger partial charge on any atom is 0.258 e. The van der Waals surface area contributed by atoms with Crippen LogP contribution in [0.5, 0.6) is 17.2 Å². The van der Waals surface area contributed by atoms with Gasteiger partial charge in [-0.25, -0.2) is 0 Å². The number of carbonyl (C=O) groups excluding carboxylic acids is 1. The predicted molar refractivity (Wildman–Crippen MR) is 105 cm³/mol. The van der Waals surface area contributed by atoms with Crippen molar-refractivity contribution < 1.29 is 23.4 Å². The van der Waals surface area contributed by atoms with Gasteiger partial charge in [0.25, 0.3) is 5.91 Å². The van der Waals surface area contributed by atoms with Gasteiger partial charge in [0.1, 0.15) is 29.4 Å². The molecule has 0 aliphatic carbocycles. The van der Waals surface area contributed by atoms with Gasteiger partial charge in [0.15, 0.2) is 5.76 Å². The Morgan fingerprint density at radius 2 is 1.61 bits per heavy atom. The molecule has 1 aromatic heterocycles. The molecule has 0 saturated carbocycles. The summed E-state index contributed by atoms with van der Waals surface area (Å²) in [6, 6.07) is 12.8. The van der Waals surface area contributed by atoms with Crippen molar-refractivity contribution >= 4 is 16.9 Å². The first kappa shape index (κ1) is 18.2. The molecule has 6 heteroatoms. The number of furan rings is 1. The molecule has 2 aromatic carbocycles. The number of hydrogen-bond donors (Lipinski definition) is 0. The van der Waals surface area contributed by atoms with E-state index in [-0.39, 0.29) is 12.5 Å². The summed E-state index contributed by atoms with van der Waals surface area (Å²) in [5, 5.41) is 0.754. The third kappa shape index (κ3) is 3.50. The van der Waals surface area contributed by atoms with Crippen molar-refractivity contribution in [2.24, 2.45) is 0 Å². The Morgan fingerprint density at radius 3 is 2.29 bits per heavy atom. The second-order valence-electron chi connectivity index (χ2n) is 6.73. The molecule has 2 heterocycles. The summed E-state index contributed by atoms with van der Waals surface area (Å²) in [4.78, 5) is 15.1. The van der Waals surface area contributed by atoms with Gasteiger partial charge in [-0.1, -0.05) is 0 Å². The molecule has 0 N–H and O–H groups in total. The highest BCUT2D eigenvalue weighted by molar-refractivity contribution is 6.07. The summed E-state index contributed by atoms with van der Waals surface area (Å²) in [6.45, 7) is 1.71. The van der Waals surface area contributed by atoms with Crippen molar-refractivity contribution in [2.45, 2.75) is 19.4 Å². The molecule has 3 aromatic rings. The largest absolute Gasteiger partial charge is 0.497 e. The molecule has 28 heavy (non-hydrogen) atoms. The van der Waals surface area contributed by atoms with Gasteiger partial charge >= 0.3 is 0 Å². The fraction of sp³-hybridized carbons (Fsp3) is 0.318. The predicted octanol–water partition coefficient (Wildman–Crippen LogP) is 4.27. The van der Waals surface area contributed by atoms with Gasteiger partial charge in [-0.3, -0.25) is 4.79 Å². The first-order chi connectivity index (χ1) is 13.7. The van der Waals surface area contributed by atoms with Gasteiger partial charge < -0.3 is 23.5 Å². The fourth-order valence-electron chi connectivity index (χ4n) is 3.49. The highest BCUT2D eigenvalue weighted by Crippen LogP contribution is 2.32. The third-order valence-electron chi connectivity index (χ3n) is 5.00. The maximum atomic E-state index is 13.2. The number of carbonyl (C=O) groups is 1. The average molecular weight is 381 g/mol. The lowest BCUT2D eigenvalue weighted by molar-refractivity contribution is 0.0789. The fourth-order valence-corrected chi connectivity index (χ4v) is 3.49. The lowest BCUT2D eigenvalue weighted by Crippen LogP contribution is -2.28. The van der Waals surface area contributed by atoms with Gasteiger partial charge in [0.2, 0.25) is 0 Å². The number of benzene rings is 2. The summed E-state index contributed by atoms with van der Waals surface area (Å²) >= 11 is 0. The topological polar surface area (TPSA) is 61.1 Å². The SMILES string of the molecule is COc1ccc(OCc2oc3ccc(OC)cc3c2C(=O)N2CCCC2)cc1. The van der Waals surface area contributed by atoms with E-state index in [0.29, 0.717) is 28.4 Å². The zero-order valence-electron chi connectivity index (χ0n) is 16.1. The number of methoxy groups -OCH3 is 2. The monoisotopic (exact) mass is 381 g/mol. The van der Waals surface area contributed by atoms with Crippen molar-refractivity contribution in [3.8, 4) is 17.2 Å². The summed E-state index contributed by atoms with van der Waals surface area (Å²) < 4.78 is 22.4. The first-order valence-electron chi connectivity index (χ1n) is 9.35. The van der Waals surface area contributed by atoms with Crippen molar-refractivity contribution in [1.82, 2.24) is 4.90 Å². The first-order valence-corrected chi connectivity index (χ1v) is 9.35. The number of fused-ring (bicyclic) bond motifs is 1. The summed E-state index contributed by atoms with van der Waals surface area (Å²) in [7, 11) is 3.23. The van der Waals surface area contributed by atoms with Crippen LogP contribution in [0.1, 0.15) is 29.0 Å². The highest BCUT2D eigenvalue weighted by atomic mass is 16.5. The molecule has 146 valence electrons. The molecule has 1 aliphatic heterocycles. The second-order valence-corrected chi connectivity index (χ2v) is 6.73. The third-order valence-corrected chi connectivity index (χ3v) is 5.00. The lowest BCUT2D eigenvalue weighted by Gasteiger charge is -2.15. The molecule has 0 atom stereocenters. The molecule has 0 unspecified atom stereocenters. The van der Waals surface area contributed by atoms with Crippen LogP contribution in [-0.2, 0) is 6.61 Å². The van der Waals surface area contributed by atoms with Crippen LogP contribution in [0.25, 0.3) is 11.0 Å². The zero-order valence-corrected chi connectivity index (χ0v) is 16.1. The molecule has 0 spiro atoms. The van der Waals surface area contributed by atoms with Gasteiger partial charge in [0.05, 0.1) is 19.8 Å². The van der Waals surface area contributed by atoms with E-state index in [9.17, 15) is 4.79 Å². The lowest BCUT2D eigenvalue weighted by atomic mass is 10.1. The van der Waals surface area contributed by atoms with E-state index in [2.05, 4.69) is 0 Å². The Hall–Kier alpha value is -3.15. The standard InChI is InChI=1S/C22H23NO5/c1-25-15-5-7-16(8-6-15)27-14-20-21(22(24)23-11-3-4-12-23)18-13-17(26-2)9-10-19(18)28-20/h5-10,13H,3-4,11-12,14H2,1-2H3. The number of rotatable bonds is 6. The molecule has 4 rings (SSSR count). The molecule has 1 amide bonds. The van der Waals surface area contributed by atoms with Crippen LogP contribution in [0.3, 0.4) is 0 Å². The number of ether oxygens (including phenoxy) is 3. The molecule has 6 nitrogen and oxygen atoms in total. The Labute approximate surface area is 163 Å². The van der Waals surface area contributed by atoms with E-state index < -0.39 is 0 Å². The van der Waals surface area contributed by atoms with E-state index in [1.165, 1.54) is 0 Å². The van der Waals surface area contributed by atoms with Crippen LogP contribution in [0.4, 0.5) is 0 Å². The second kappa shape index (κ2) is 7.84. The smallest absolute Gasteiger partial charge is 0.258 e. The number of amides is 1. The summed E-state index contributed by atoms with van der Waals surface area (Å²) in [5.74, 6) is 2.63. The van der Waals surface area contributed by atoms with Crippen molar-refractivity contribution in [3.05, 3.63) is 53.8 Å². The van der Waals surface area contributed by atoms with Crippen LogP contribution >= 0.6 is 0 Å². The van der Waals surface area contributed by atoms with E-state index in [1.807, 2.05) is 47.4 Å². The number of likely N-dealkylation sites (tertiary alicyclic amines) is 1. The minimum atomic E-state index is -0.0159. The van der Waals surface area contributed by atoms with Crippen molar-refractivity contribution in [3.63, 3.8) is 0 Å². The van der Waals surface area contributed by atoms with Crippen LogP contribution in [0.2, 0.25) is 0 Å². The summed E-state index contributed by atoms with van der Waals surface area (Å²) in [6.07, 6.45) is 2.06. The van der Waals surface area contributed by atoms with E-state index >= 15 is 0 Å². The number of nitrogens with zero attached hydrogens (tertiary/aromatic N) is 1. The van der Waals surface area contributed by atoms with Crippen LogP contribution in [0, 0.1) is 0 Å². The average Bonchev–Trinajstić information content (AvgIpc) is 3.39. The minimum absolute atomic E-state index is 0.0159. The minimum Gasteiger partial charge on any atom is -0.497 e. The van der Waals surface area contributed by atoms with Gasteiger partial charge in [0, 0.05) is 18.5 Å². The van der Waals surface area contributed by atoms with Crippen molar-refractivity contribution in [2.75, 3.05) is 27.3 Å². The van der Waals surface area contributed by atoms with E-state index in [1.54, 1.807) is 14.2 Å². The van der Waals surface area contributed by atoms with Crippen LogP contribution in [0.15, 0.2) is 46.9 Å². The Kier molecular flexibility index (Phi) is 5.10. The van der Waals surface area contributed by atoms with E-state index in [0.717, 1.165) is 37.1 Å². The molecule has 0 radical (unpaired) electrons. The number of hydrogen-bond acceptors (Lipinski definition) is 5. The van der Waals surface area contributed by atoms with Crippen molar-refractivity contribution in [1.29, 1.82) is 0 Å². The van der Waals surface area contributed by atoms with Gasteiger partial charge in [-0.05, 0) is 55.3 Å².